The van der Waals surface area contributed by atoms with Crippen molar-refractivity contribution >= 4 is 0 Å². The lowest BCUT2D eigenvalue weighted by Crippen LogP contribution is -2.24. The molecule has 1 saturated heterocycles. The highest BCUT2D eigenvalue weighted by Crippen LogP contribution is 2.04. The standard InChI is InChI=1S/C6H13N.H2N3/c1-7-5-3-2-4-6-7;1-3-2/h2-6H2,1H3;1-2H/q;+1. The van der Waals surface area contributed by atoms with Gasteiger partial charge in [-0.25, -0.2) is 0 Å². The van der Waals surface area contributed by atoms with Crippen LogP contribution in [0.5, 0.6) is 0 Å². The molecular weight excluding hydrogens is 128 g/mol. The first-order valence-corrected chi connectivity index (χ1v) is 3.53. The Hall–Kier alpha value is -0.730. The highest BCUT2D eigenvalue weighted by molar-refractivity contribution is 4.58. The van der Waals surface area contributed by atoms with Gasteiger partial charge in [-0.05, 0) is 33.0 Å². The van der Waals surface area contributed by atoms with Gasteiger partial charge in [0.1, 0.15) is 11.1 Å². The highest BCUT2D eigenvalue weighted by Gasteiger charge is 2.02. The average Bonchev–Trinajstić information content (AvgIpc) is 1.91. The molecule has 4 heteroatoms. The lowest BCUT2D eigenvalue weighted by atomic mass is 10.1. The number of nitrogens with zero attached hydrogens (tertiary/aromatic N) is 2. The normalized spacial score (nSPS) is 18.5. The molecule has 0 saturated carbocycles. The second kappa shape index (κ2) is 6.39. The third kappa shape index (κ3) is 5.41. The van der Waals surface area contributed by atoms with E-state index in [4.69, 9.17) is 11.1 Å². The van der Waals surface area contributed by atoms with E-state index in [0.29, 0.717) is 0 Å². The van der Waals surface area contributed by atoms with Crippen LogP contribution in [0.15, 0.2) is 0 Å². The van der Waals surface area contributed by atoms with E-state index in [0.717, 1.165) is 0 Å². The Bertz CT molecular complexity index is 100. The Kier molecular flexibility index (Phi) is 5.92. The molecule has 0 aromatic rings. The summed E-state index contributed by atoms with van der Waals surface area (Å²) in [7, 11) is 2.19. The zero-order valence-corrected chi connectivity index (χ0v) is 6.43. The molecule has 1 fully saturated rings. The van der Waals surface area contributed by atoms with Crippen molar-refractivity contribution in [1.82, 2.24) is 9.81 Å². The molecule has 0 unspecified atom stereocenters. The summed E-state index contributed by atoms with van der Waals surface area (Å²) in [6, 6.07) is 0. The Morgan fingerprint density at radius 2 is 1.50 bits per heavy atom. The van der Waals surface area contributed by atoms with E-state index in [1.807, 2.05) is 4.91 Å². The Balaban J connectivity index is 0.000000236. The second-order valence-corrected chi connectivity index (χ2v) is 2.48. The van der Waals surface area contributed by atoms with Crippen LogP contribution in [-0.2, 0) is 0 Å². The van der Waals surface area contributed by atoms with E-state index >= 15 is 0 Å². The smallest absolute Gasteiger partial charge is 0.211 e. The van der Waals surface area contributed by atoms with E-state index in [1.54, 1.807) is 0 Å². The molecule has 2 N–H and O–H groups in total. The van der Waals surface area contributed by atoms with Gasteiger partial charge in [-0.3, -0.25) is 0 Å². The van der Waals surface area contributed by atoms with Crippen molar-refractivity contribution < 1.29 is 0 Å². The van der Waals surface area contributed by atoms with Gasteiger partial charge in [-0.1, -0.05) is 6.42 Å². The van der Waals surface area contributed by atoms with Crippen LogP contribution < -0.4 is 4.91 Å². The fourth-order valence-corrected chi connectivity index (χ4v) is 1.05. The molecule has 0 aromatic carbocycles. The maximum absolute atomic E-state index is 5.50. The van der Waals surface area contributed by atoms with Gasteiger partial charge in [-0.15, -0.1) is 0 Å². The van der Waals surface area contributed by atoms with Crippen LogP contribution in [0.25, 0.3) is 0 Å². The maximum atomic E-state index is 5.50. The van der Waals surface area contributed by atoms with E-state index in [1.165, 1.54) is 32.4 Å². The molecule has 1 aliphatic rings. The van der Waals surface area contributed by atoms with E-state index in [-0.39, 0.29) is 0 Å². The molecule has 0 spiro atoms. The zero-order chi connectivity index (χ0) is 7.82. The quantitative estimate of drug-likeness (QED) is 0.388. The molecular formula is C6H15N4+. The number of rotatable bonds is 0. The first kappa shape index (κ1) is 9.27. The third-order valence-corrected chi connectivity index (χ3v) is 1.58. The third-order valence-electron chi connectivity index (χ3n) is 1.58. The van der Waals surface area contributed by atoms with E-state index < -0.39 is 0 Å². The molecule has 0 radical (unpaired) electrons. The fourth-order valence-electron chi connectivity index (χ4n) is 1.05. The van der Waals surface area contributed by atoms with Crippen LogP contribution in [0.4, 0.5) is 0 Å². The summed E-state index contributed by atoms with van der Waals surface area (Å²) in [5.74, 6) is 0. The maximum Gasteiger partial charge on any atom is 0.211 e. The molecule has 1 aliphatic heterocycles. The van der Waals surface area contributed by atoms with Gasteiger partial charge in [0.25, 0.3) is 0 Å². The second-order valence-electron chi connectivity index (χ2n) is 2.48. The van der Waals surface area contributed by atoms with Crippen molar-refractivity contribution in [3.63, 3.8) is 0 Å². The van der Waals surface area contributed by atoms with Crippen molar-refractivity contribution in [3.05, 3.63) is 0 Å². The van der Waals surface area contributed by atoms with Crippen LogP contribution in [0, 0.1) is 11.1 Å². The van der Waals surface area contributed by atoms with Crippen LogP contribution >= 0.6 is 0 Å². The fraction of sp³-hybridized carbons (Fsp3) is 1.00. The summed E-state index contributed by atoms with van der Waals surface area (Å²) in [6.07, 6.45) is 4.28. The summed E-state index contributed by atoms with van der Waals surface area (Å²) in [6.45, 7) is 2.64. The number of nitrogens with one attached hydrogen (secondary N) is 2. The predicted octanol–water partition coefficient (Wildman–Crippen LogP) is 1.22. The van der Waals surface area contributed by atoms with Crippen molar-refractivity contribution in [2.45, 2.75) is 19.3 Å². The SMILES string of the molecule is CN1CCCCC1.N=[N+]=N. The molecule has 4 nitrogen and oxygen atoms in total. The summed E-state index contributed by atoms with van der Waals surface area (Å²) in [4.78, 5) is 4.39. The van der Waals surface area contributed by atoms with Crippen LogP contribution in [-0.4, -0.2) is 25.0 Å². The lowest BCUT2D eigenvalue weighted by molar-refractivity contribution is 0.277. The molecule has 10 heavy (non-hydrogen) atoms. The minimum atomic E-state index is 1.32. The number of hydrogen-bond donors (Lipinski definition) is 2. The van der Waals surface area contributed by atoms with Crippen LogP contribution in [0.3, 0.4) is 0 Å². The largest absolute Gasteiger partial charge is 0.306 e. The van der Waals surface area contributed by atoms with Crippen LogP contribution in [0.1, 0.15) is 19.3 Å². The summed E-state index contributed by atoms with van der Waals surface area (Å²) >= 11 is 0. The Morgan fingerprint density at radius 1 is 1.10 bits per heavy atom. The summed E-state index contributed by atoms with van der Waals surface area (Å²) < 4.78 is 0. The molecule has 1 rings (SSSR count). The molecule has 0 aliphatic carbocycles. The van der Waals surface area contributed by atoms with Crippen LogP contribution in [0.2, 0.25) is 0 Å². The minimum Gasteiger partial charge on any atom is -0.306 e. The summed E-state index contributed by atoms with van der Waals surface area (Å²) in [5.41, 5.74) is 11.0. The molecule has 1 heterocycles. The van der Waals surface area contributed by atoms with Crippen molar-refractivity contribution in [3.8, 4) is 0 Å². The van der Waals surface area contributed by atoms with Gasteiger partial charge in [-0.2, -0.15) is 0 Å². The number of piperidine rings is 1. The van der Waals surface area contributed by atoms with Crippen molar-refractivity contribution in [2.24, 2.45) is 0 Å². The number of hydrogen-bond acceptors (Lipinski definition) is 3. The van der Waals surface area contributed by atoms with Crippen molar-refractivity contribution in [2.75, 3.05) is 20.1 Å². The van der Waals surface area contributed by atoms with Gasteiger partial charge in [0, 0.05) is 0 Å². The predicted molar refractivity (Wildman–Crippen MR) is 38.9 cm³/mol. The zero-order valence-electron chi connectivity index (χ0n) is 6.43. The molecule has 0 amide bonds. The molecule has 0 atom stereocenters. The highest BCUT2D eigenvalue weighted by atomic mass is 15.1. The van der Waals surface area contributed by atoms with Gasteiger partial charge >= 0.3 is 0 Å². The monoisotopic (exact) mass is 143 g/mol. The molecule has 0 aromatic heterocycles. The molecule has 58 valence electrons. The van der Waals surface area contributed by atoms with E-state index in [2.05, 4.69) is 11.9 Å². The van der Waals surface area contributed by atoms with Crippen molar-refractivity contribution in [1.29, 1.82) is 11.1 Å². The number of likely N-dealkylation sites (tertiary alicyclic amines) is 1. The minimum absolute atomic E-state index is 1.32. The summed E-state index contributed by atoms with van der Waals surface area (Å²) in [5, 5.41) is 0. The Labute approximate surface area is 61.2 Å². The van der Waals surface area contributed by atoms with Gasteiger partial charge < -0.3 is 4.90 Å². The topological polar surface area (TPSA) is 65.0 Å². The van der Waals surface area contributed by atoms with Gasteiger partial charge in [0.15, 0.2) is 0 Å². The average molecular weight is 143 g/mol. The van der Waals surface area contributed by atoms with Gasteiger partial charge in [0.2, 0.25) is 4.91 Å². The van der Waals surface area contributed by atoms with E-state index in [9.17, 15) is 0 Å². The first-order chi connectivity index (χ1) is 4.81. The van der Waals surface area contributed by atoms with Gasteiger partial charge in [0.05, 0.1) is 0 Å². The Morgan fingerprint density at radius 3 is 1.70 bits per heavy atom. The molecule has 0 bridgehead atoms. The lowest BCUT2D eigenvalue weighted by Gasteiger charge is -2.20. The first-order valence-electron chi connectivity index (χ1n) is 3.53.